The van der Waals surface area contributed by atoms with Crippen LogP contribution in [0.25, 0.3) is 0 Å². The molecule has 0 spiro atoms. The van der Waals surface area contributed by atoms with Crippen LogP contribution in [0, 0.1) is 5.82 Å². The van der Waals surface area contributed by atoms with Crippen molar-refractivity contribution in [3.05, 3.63) is 59.9 Å². The number of halogens is 1. The van der Waals surface area contributed by atoms with Gasteiger partial charge >= 0.3 is 6.03 Å². The number of carbonyl (C=O) groups excluding carboxylic acids is 2. The molecule has 2 atom stereocenters. The number of carbonyl (C=O) groups is 2. The summed E-state index contributed by atoms with van der Waals surface area (Å²) in [6.07, 6.45) is 0.0648. The Labute approximate surface area is 187 Å². The van der Waals surface area contributed by atoms with E-state index < -0.39 is 0 Å². The third kappa shape index (κ3) is 5.02. The molecule has 2 fully saturated rings. The molecule has 7 nitrogen and oxygen atoms in total. The van der Waals surface area contributed by atoms with Crippen LogP contribution in [0.3, 0.4) is 0 Å². The van der Waals surface area contributed by atoms with Crippen LogP contribution in [0.2, 0.25) is 0 Å². The van der Waals surface area contributed by atoms with Gasteiger partial charge in [-0.3, -0.25) is 4.79 Å². The van der Waals surface area contributed by atoms with Gasteiger partial charge in [0.05, 0.1) is 17.9 Å². The number of morpholine rings is 1. The molecule has 32 heavy (non-hydrogen) atoms. The number of nitrogens with one attached hydrogen (secondary N) is 1. The fourth-order valence-electron chi connectivity index (χ4n) is 4.29. The molecule has 0 bridgehead atoms. The lowest BCUT2D eigenvalue weighted by molar-refractivity contribution is -0.00539. The van der Waals surface area contributed by atoms with Gasteiger partial charge in [0.2, 0.25) is 0 Å². The molecule has 2 unspecified atom stereocenters. The van der Waals surface area contributed by atoms with Gasteiger partial charge in [0, 0.05) is 50.5 Å². The predicted octanol–water partition coefficient (Wildman–Crippen LogP) is 3.43. The van der Waals surface area contributed by atoms with Gasteiger partial charge in [-0.25, -0.2) is 9.18 Å². The first-order valence-corrected chi connectivity index (χ1v) is 11.0. The highest BCUT2D eigenvalue weighted by Crippen LogP contribution is 2.26. The third-order valence-corrected chi connectivity index (χ3v) is 5.83. The number of anilines is 2. The molecular formula is C24H29FN4O3. The Morgan fingerprint density at radius 3 is 2.19 bits per heavy atom. The molecule has 3 amide bonds. The number of rotatable bonds is 3. The van der Waals surface area contributed by atoms with Crippen LogP contribution in [-0.4, -0.2) is 73.2 Å². The third-order valence-electron chi connectivity index (χ3n) is 5.83. The fraction of sp³-hybridized carbons (Fsp3) is 0.417. The standard InChI is InChI=1S/C24H29FN4O3/c1-17-15-29(16-18(2)32-17)22-9-8-20(14-21(22)25)26-24(31)28-12-10-27(11-13-28)23(30)19-6-4-3-5-7-19/h3-9,14,17-18H,10-13,15-16H2,1-2H3,(H,26,31). The van der Waals surface area contributed by atoms with E-state index in [1.165, 1.54) is 6.07 Å². The van der Waals surface area contributed by atoms with Crippen LogP contribution in [0.4, 0.5) is 20.6 Å². The second-order valence-electron chi connectivity index (χ2n) is 8.40. The maximum atomic E-state index is 14.8. The molecule has 2 heterocycles. The molecule has 2 aliphatic rings. The molecular weight excluding hydrogens is 411 g/mol. The number of benzene rings is 2. The molecule has 2 aromatic rings. The summed E-state index contributed by atoms with van der Waals surface area (Å²) in [5, 5.41) is 2.78. The van der Waals surface area contributed by atoms with E-state index >= 15 is 0 Å². The summed E-state index contributed by atoms with van der Waals surface area (Å²) >= 11 is 0. The number of ether oxygens (including phenoxy) is 1. The van der Waals surface area contributed by atoms with Crippen LogP contribution in [0.1, 0.15) is 24.2 Å². The summed E-state index contributed by atoms with van der Waals surface area (Å²) in [5.41, 5.74) is 1.57. The van der Waals surface area contributed by atoms with Gasteiger partial charge in [-0.15, -0.1) is 0 Å². The maximum absolute atomic E-state index is 14.8. The molecule has 2 saturated heterocycles. The molecule has 1 N–H and O–H groups in total. The SMILES string of the molecule is CC1CN(c2ccc(NC(=O)N3CCN(C(=O)c4ccccc4)CC3)cc2F)CC(C)O1. The van der Waals surface area contributed by atoms with Crippen molar-refractivity contribution in [2.45, 2.75) is 26.1 Å². The number of amides is 3. The molecule has 0 aliphatic carbocycles. The van der Waals surface area contributed by atoms with Gasteiger partial charge < -0.3 is 24.8 Å². The summed E-state index contributed by atoms with van der Waals surface area (Å²) in [7, 11) is 0. The van der Waals surface area contributed by atoms with Crippen molar-refractivity contribution in [2.24, 2.45) is 0 Å². The average molecular weight is 441 g/mol. The molecule has 0 aromatic heterocycles. The van der Waals surface area contributed by atoms with Crippen LogP contribution in [0.5, 0.6) is 0 Å². The summed E-state index contributed by atoms with van der Waals surface area (Å²) < 4.78 is 20.5. The number of urea groups is 1. The molecule has 8 heteroatoms. The average Bonchev–Trinajstić information content (AvgIpc) is 2.78. The molecule has 170 valence electrons. The van der Waals surface area contributed by atoms with Gasteiger partial charge in [-0.2, -0.15) is 0 Å². The number of hydrogen-bond acceptors (Lipinski definition) is 4. The first-order valence-electron chi connectivity index (χ1n) is 11.0. The lowest BCUT2D eigenvalue weighted by atomic mass is 10.2. The van der Waals surface area contributed by atoms with Gasteiger partial charge in [0.15, 0.2) is 0 Å². The summed E-state index contributed by atoms with van der Waals surface area (Å²) in [6.45, 7) is 6.97. The van der Waals surface area contributed by atoms with Crippen LogP contribution < -0.4 is 10.2 Å². The number of nitrogens with zero attached hydrogens (tertiary/aromatic N) is 3. The van der Waals surface area contributed by atoms with Crippen LogP contribution in [-0.2, 0) is 4.74 Å². The highest BCUT2D eigenvalue weighted by molar-refractivity contribution is 5.94. The predicted molar refractivity (Wildman–Crippen MR) is 122 cm³/mol. The number of hydrogen-bond donors (Lipinski definition) is 1. The molecule has 0 saturated carbocycles. The van der Waals surface area contributed by atoms with Crippen molar-refractivity contribution in [1.82, 2.24) is 9.80 Å². The fourth-order valence-corrected chi connectivity index (χ4v) is 4.29. The largest absolute Gasteiger partial charge is 0.372 e. The van der Waals surface area contributed by atoms with Gasteiger partial charge in [-0.05, 0) is 44.2 Å². The zero-order valence-corrected chi connectivity index (χ0v) is 18.5. The first-order chi connectivity index (χ1) is 15.4. The van der Waals surface area contributed by atoms with Crippen LogP contribution >= 0.6 is 0 Å². The highest BCUT2D eigenvalue weighted by Gasteiger charge is 2.26. The Morgan fingerprint density at radius 1 is 0.938 bits per heavy atom. The summed E-state index contributed by atoms with van der Waals surface area (Å²) in [6, 6.07) is 13.6. The molecule has 0 radical (unpaired) electrons. The van der Waals surface area contributed by atoms with Crippen molar-refractivity contribution >= 4 is 23.3 Å². The van der Waals surface area contributed by atoms with E-state index in [0.717, 1.165) is 0 Å². The van der Waals surface area contributed by atoms with E-state index in [4.69, 9.17) is 4.74 Å². The van der Waals surface area contributed by atoms with Crippen molar-refractivity contribution in [1.29, 1.82) is 0 Å². The zero-order chi connectivity index (χ0) is 22.7. The zero-order valence-electron chi connectivity index (χ0n) is 18.5. The van der Waals surface area contributed by atoms with E-state index in [-0.39, 0.29) is 30.0 Å². The van der Waals surface area contributed by atoms with E-state index in [1.54, 1.807) is 34.1 Å². The molecule has 2 aliphatic heterocycles. The first kappa shape index (κ1) is 22.1. The maximum Gasteiger partial charge on any atom is 0.321 e. The van der Waals surface area contributed by atoms with Gasteiger partial charge in [0.25, 0.3) is 5.91 Å². The smallest absolute Gasteiger partial charge is 0.321 e. The lowest BCUT2D eigenvalue weighted by Crippen LogP contribution is -2.51. The van der Waals surface area contributed by atoms with Crippen molar-refractivity contribution in [2.75, 3.05) is 49.5 Å². The Balaban J connectivity index is 1.32. The van der Waals surface area contributed by atoms with E-state index in [1.807, 2.05) is 36.9 Å². The molecule has 2 aromatic carbocycles. The molecule has 4 rings (SSSR count). The van der Waals surface area contributed by atoms with Crippen molar-refractivity contribution < 1.29 is 18.7 Å². The minimum Gasteiger partial charge on any atom is -0.372 e. The Morgan fingerprint density at radius 2 is 1.56 bits per heavy atom. The Kier molecular flexibility index (Phi) is 6.60. The second kappa shape index (κ2) is 9.56. The number of piperazine rings is 1. The monoisotopic (exact) mass is 440 g/mol. The lowest BCUT2D eigenvalue weighted by Gasteiger charge is -2.37. The van der Waals surface area contributed by atoms with E-state index in [9.17, 15) is 14.0 Å². The summed E-state index contributed by atoms with van der Waals surface area (Å²) in [5.74, 6) is -0.405. The normalized spacial score (nSPS) is 21.4. The quantitative estimate of drug-likeness (QED) is 0.794. The topological polar surface area (TPSA) is 65.1 Å². The van der Waals surface area contributed by atoms with Gasteiger partial charge in [0.1, 0.15) is 5.82 Å². The van der Waals surface area contributed by atoms with E-state index in [2.05, 4.69) is 5.32 Å². The van der Waals surface area contributed by atoms with Crippen molar-refractivity contribution in [3.63, 3.8) is 0 Å². The Hall–Kier alpha value is -3.13. The highest BCUT2D eigenvalue weighted by atomic mass is 19.1. The minimum absolute atomic E-state index is 0.0323. The second-order valence-corrected chi connectivity index (χ2v) is 8.40. The Bertz CT molecular complexity index is 953. The van der Waals surface area contributed by atoms with E-state index in [0.29, 0.717) is 56.2 Å². The minimum atomic E-state index is -0.373. The van der Waals surface area contributed by atoms with Crippen LogP contribution in [0.15, 0.2) is 48.5 Å². The summed E-state index contributed by atoms with van der Waals surface area (Å²) in [4.78, 5) is 30.6. The van der Waals surface area contributed by atoms with Gasteiger partial charge in [-0.1, -0.05) is 18.2 Å². The van der Waals surface area contributed by atoms with Crippen molar-refractivity contribution in [3.8, 4) is 0 Å².